The van der Waals surface area contributed by atoms with Crippen molar-refractivity contribution in [3.8, 4) is 0 Å². The van der Waals surface area contributed by atoms with Crippen LogP contribution in [0.2, 0.25) is 0 Å². The molecule has 3 nitrogen and oxygen atoms in total. The van der Waals surface area contributed by atoms with Crippen molar-refractivity contribution in [1.82, 2.24) is 0 Å². The number of rotatable bonds is 2. The van der Waals surface area contributed by atoms with Gasteiger partial charge < -0.3 is 9.84 Å². The Bertz CT molecular complexity index is 535. The standard InChI is InChI=1S/C20H32O3/c1-13(11-17(21)22)14-12-16-19(4)9-6-8-18(2,3)15(19)7-10-20(16,5)23-14/h11,14-16H,6-10,12H2,1-5H3,(H,21,22)/b13-11+/t14-,15-,16-,19+,20-/m1/s1. The maximum absolute atomic E-state index is 11.0. The molecule has 3 fully saturated rings. The van der Waals surface area contributed by atoms with Crippen molar-refractivity contribution in [3.05, 3.63) is 11.6 Å². The summed E-state index contributed by atoms with van der Waals surface area (Å²) >= 11 is 0. The van der Waals surface area contributed by atoms with Crippen LogP contribution in [0.5, 0.6) is 0 Å². The molecule has 0 aromatic carbocycles. The van der Waals surface area contributed by atoms with Crippen LogP contribution in [0, 0.1) is 22.7 Å². The fourth-order valence-electron chi connectivity index (χ4n) is 6.42. The second-order valence-electron chi connectivity index (χ2n) is 9.37. The molecule has 23 heavy (non-hydrogen) atoms. The van der Waals surface area contributed by atoms with E-state index >= 15 is 0 Å². The highest BCUT2D eigenvalue weighted by Gasteiger charge is 2.62. The average molecular weight is 320 g/mol. The van der Waals surface area contributed by atoms with Crippen LogP contribution < -0.4 is 0 Å². The van der Waals surface area contributed by atoms with Crippen LogP contribution >= 0.6 is 0 Å². The van der Waals surface area contributed by atoms with Gasteiger partial charge in [0.05, 0.1) is 11.7 Å². The summed E-state index contributed by atoms with van der Waals surface area (Å²) in [6.07, 6.45) is 8.56. The van der Waals surface area contributed by atoms with Gasteiger partial charge in [0.15, 0.2) is 0 Å². The third-order valence-electron chi connectivity index (χ3n) is 7.46. The number of hydrogen-bond donors (Lipinski definition) is 1. The van der Waals surface area contributed by atoms with Crippen LogP contribution in [-0.2, 0) is 9.53 Å². The highest BCUT2D eigenvalue weighted by Crippen LogP contribution is 2.65. The zero-order chi connectivity index (χ0) is 17.0. The molecule has 0 aromatic rings. The Morgan fingerprint density at radius 1 is 1.13 bits per heavy atom. The van der Waals surface area contributed by atoms with Gasteiger partial charge in [0.25, 0.3) is 0 Å². The Balaban J connectivity index is 1.91. The van der Waals surface area contributed by atoms with Crippen molar-refractivity contribution in [2.75, 3.05) is 0 Å². The summed E-state index contributed by atoms with van der Waals surface area (Å²) in [6.45, 7) is 11.6. The molecule has 130 valence electrons. The normalized spacial score (nSPS) is 46.1. The molecule has 3 aliphatic rings. The molecule has 0 amide bonds. The molecular formula is C20H32O3. The van der Waals surface area contributed by atoms with E-state index in [1.54, 1.807) is 0 Å². The summed E-state index contributed by atoms with van der Waals surface area (Å²) in [5, 5.41) is 9.04. The second kappa shape index (κ2) is 5.34. The Kier molecular flexibility index (Phi) is 3.95. The predicted octanol–water partition coefficient (Wildman–Crippen LogP) is 4.81. The minimum absolute atomic E-state index is 0.0262. The van der Waals surface area contributed by atoms with E-state index in [0.29, 0.717) is 16.7 Å². The van der Waals surface area contributed by atoms with E-state index in [1.807, 2.05) is 6.92 Å². The van der Waals surface area contributed by atoms with E-state index in [0.717, 1.165) is 24.3 Å². The molecule has 3 heteroatoms. The van der Waals surface area contributed by atoms with Crippen molar-refractivity contribution in [1.29, 1.82) is 0 Å². The van der Waals surface area contributed by atoms with E-state index in [-0.39, 0.29) is 11.7 Å². The first-order valence-corrected chi connectivity index (χ1v) is 9.17. The monoisotopic (exact) mass is 320 g/mol. The van der Waals surface area contributed by atoms with Gasteiger partial charge >= 0.3 is 5.97 Å². The molecule has 0 spiro atoms. The van der Waals surface area contributed by atoms with Crippen LogP contribution in [0.1, 0.15) is 73.1 Å². The second-order valence-corrected chi connectivity index (χ2v) is 9.37. The summed E-state index contributed by atoms with van der Waals surface area (Å²) in [7, 11) is 0. The van der Waals surface area contributed by atoms with Crippen LogP contribution in [-0.4, -0.2) is 22.8 Å². The third-order valence-corrected chi connectivity index (χ3v) is 7.46. The molecule has 0 radical (unpaired) electrons. The molecule has 5 atom stereocenters. The SMILES string of the molecule is C/C(=C\C(=O)O)[C@H]1C[C@@H]2[C@@]3(C)CCCC(C)(C)[C@H]3CC[C@@]2(C)O1. The third kappa shape index (κ3) is 2.65. The molecule has 2 aliphatic carbocycles. The van der Waals surface area contributed by atoms with Crippen molar-refractivity contribution >= 4 is 5.97 Å². The van der Waals surface area contributed by atoms with E-state index in [2.05, 4.69) is 27.7 Å². The number of fused-ring (bicyclic) bond motifs is 3. The number of carbonyl (C=O) groups is 1. The van der Waals surface area contributed by atoms with Gasteiger partial charge in [-0.05, 0) is 74.2 Å². The lowest BCUT2D eigenvalue weighted by Crippen LogP contribution is -2.55. The maximum Gasteiger partial charge on any atom is 0.328 e. The minimum Gasteiger partial charge on any atom is -0.478 e. The van der Waals surface area contributed by atoms with E-state index in [1.165, 1.54) is 31.8 Å². The van der Waals surface area contributed by atoms with E-state index < -0.39 is 5.97 Å². The molecular weight excluding hydrogens is 288 g/mol. The van der Waals surface area contributed by atoms with Gasteiger partial charge in [0.1, 0.15) is 0 Å². The fraction of sp³-hybridized carbons (Fsp3) is 0.850. The zero-order valence-electron chi connectivity index (χ0n) is 15.3. The summed E-state index contributed by atoms with van der Waals surface area (Å²) in [4.78, 5) is 11.0. The van der Waals surface area contributed by atoms with Gasteiger partial charge in [-0.15, -0.1) is 0 Å². The minimum atomic E-state index is -0.867. The smallest absolute Gasteiger partial charge is 0.328 e. The predicted molar refractivity (Wildman–Crippen MR) is 91.2 cm³/mol. The summed E-state index contributed by atoms with van der Waals surface area (Å²) in [5.74, 6) is 0.428. The molecule has 3 rings (SSSR count). The van der Waals surface area contributed by atoms with Gasteiger partial charge in [0, 0.05) is 6.08 Å². The molecule has 0 unspecified atom stereocenters. The van der Waals surface area contributed by atoms with Crippen LogP contribution in [0.3, 0.4) is 0 Å². The first-order chi connectivity index (χ1) is 10.6. The zero-order valence-corrected chi connectivity index (χ0v) is 15.3. The number of aliphatic carboxylic acids is 1. The first kappa shape index (κ1) is 17.0. The van der Waals surface area contributed by atoms with Gasteiger partial charge in [-0.3, -0.25) is 0 Å². The molecule has 1 heterocycles. The highest BCUT2D eigenvalue weighted by atomic mass is 16.5. The Morgan fingerprint density at radius 3 is 2.48 bits per heavy atom. The number of carboxylic acids is 1. The number of carboxylic acid groups (broad SMARTS) is 1. The van der Waals surface area contributed by atoms with Gasteiger partial charge in [-0.2, -0.15) is 0 Å². The molecule has 1 saturated heterocycles. The van der Waals surface area contributed by atoms with Crippen molar-refractivity contribution in [2.24, 2.45) is 22.7 Å². The largest absolute Gasteiger partial charge is 0.478 e. The Morgan fingerprint density at radius 2 is 1.83 bits per heavy atom. The molecule has 1 aliphatic heterocycles. The Labute approximate surface area is 140 Å². The lowest BCUT2D eigenvalue weighted by atomic mass is 9.45. The first-order valence-electron chi connectivity index (χ1n) is 9.17. The van der Waals surface area contributed by atoms with E-state index in [9.17, 15) is 4.79 Å². The number of hydrogen-bond acceptors (Lipinski definition) is 2. The Hall–Kier alpha value is -0.830. The lowest BCUT2D eigenvalue weighted by Gasteiger charge is -2.60. The average Bonchev–Trinajstić information content (AvgIpc) is 2.76. The van der Waals surface area contributed by atoms with Crippen LogP contribution in [0.15, 0.2) is 11.6 Å². The van der Waals surface area contributed by atoms with Gasteiger partial charge in [-0.25, -0.2) is 4.79 Å². The molecule has 2 saturated carbocycles. The summed E-state index contributed by atoms with van der Waals surface area (Å²) < 4.78 is 6.47. The van der Waals surface area contributed by atoms with Gasteiger partial charge in [-0.1, -0.05) is 27.2 Å². The lowest BCUT2D eigenvalue weighted by molar-refractivity contribution is -0.152. The quantitative estimate of drug-likeness (QED) is 0.743. The highest BCUT2D eigenvalue weighted by molar-refractivity contribution is 5.80. The van der Waals surface area contributed by atoms with Crippen molar-refractivity contribution in [3.63, 3.8) is 0 Å². The molecule has 0 bridgehead atoms. The number of ether oxygens (including phenoxy) is 1. The van der Waals surface area contributed by atoms with Crippen LogP contribution in [0.4, 0.5) is 0 Å². The van der Waals surface area contributed by atoms with Crippen molar-refractivity contribution < 1.29 is 14.6 Å². The molecule has 1 N–H and O–H groups in total. The maximum atomic E-state index is 11.0. The van der Waals surface area contributed by atoms with Crippen molar-refractivity contribution in [2.45, 2.75) is 84.8 Å². The fourth-order valence-corrected chi connectivity index (χ4v) is 6.42. The van der Waals surface area contributed by atoms with Gasteiger partial charge in [0.2, 0.25) is 0 Å². The summed E-state index contributed by atoms with van der Waals surface area (Å²) in [6, 6.07) is 0. The summed E-state index contributed by atoms with van der Waals surface area (Å²) in [5.41, 5.74) is 1.52. The van der Waals surface area contributed by atoms with E-state index in [4.69, 9.17) is 9.84 Å². The topological polar surface area (TPSA) is 46.5 Å². The molecule has 0 aromatic heterocycles. The van der Waals surface area contributed by atoms with Crippen LogP contribution in [0.25, 0.3) is 0 Å².